The number of hydrogen-bond donors (Lipinski definition) is 0. The molecular formula is C68H68FIrN3O-2. The van der Waals surface area contributed by atoms with Crippen LogP contribution in [0.1, 0.15) is 139 Å². The summed E-state index contributed by atoms with van der Waals surface area (Å²) in [6, 6.07) is 56.4. The van der Waals surface area contributed by atoms with Crippen LogP contribution >= 0.6 is 0 Å². The molecule has 0 spiro atoms. The Labute approximate surface area is 456 Å². The number of furan rings is 1. The third-order valence-electron chi connectivity index (χ3n) is 14.4. The quantitative estimate of drug-likeness (QED) is 0.142. The molecule has 0 unspecified atom stereocenters. The van der Waals surface area contributed by atoms with Gasteiger partial charge in [0.05, 0.1) is 22.4 Å². The third kappa shape index (κ3) is 10.7. The Kier molecular flexibility index (Phi) is 13.6. The maximum absolute atomic E-state index is 12.8. The van der Waals surface area contributed by atoms with Gasteiger partial charge < -0.3 is 14.0 Å². The van der Waals surface area contributed by atoms with Gasteiger partial charge in [-0.25, -0.2) is 0 Å². The van der Waals surface area contributed by atoms with Crippen LogP contribution in [0.4, 0.5) is 4.39 Å². The fourth-order valence-electron chi connectivity index (χ4n) is 11.2. The van der Waals surface area contributed by atoms with Gasteiger partial charge in [-0.15, -0.1) is 48.0 Å². The SMILES string of the molecule is CC(C)(C)c1ccc(-c2[c-]cc(F)cc2)nc1.[2H]C(C)(C)c1cc(-c2ccc(C3([2H])CC(C)(C)CC(C)(C)C3)cc2)cc(C([2H])(C)C)c1-n1c(-c2[c-]ccc3c2oc2cc(-c4ccccc4)ccc23)nc2ccccc21.[Ir]. The molecule has 1 saturated carbocycles. The summed E-state index contributed by atoms with van der Waals surface area (Å²) in [4.78, 5) is 9.68. The van der Waals surface area contributed by atoms with Crippen LogP contribution in [0, 0.1) is 28.8 Å². The minimum atomic E-state index is -1.05. The smallest absolute Gasteiger partial charge is 0.121 e. The maximum atomic E-state index is 12.8. The number of halogens is 1. The van der Waals surface area contributed by atoms with Crippen LogP contribution in [-0.2, 0) is 25.5 Å². The van der Waals surface area contributed by atoms with Crippen LogP contribution in [0.15, 0.2) is 162 Å². The van der Waals surface area contributed by atoms with Crippen LogP contribution in [0.2, 0.25) is 0 Å². The van der Waals surface area contributed by atoms with E-state index in [0.717, 1.165) is 108 Å². The van der Waals surface area contributed by atoms with E-state index in [1.807, 2.05) is 82.4 Å². The van der Waals surface area contributed by atoms with Crippen molar-refractivity contribution in [2.24, 2.45) is 10.8 Å². The predicted molar refractivity (Wildman–Crippen MR) is 303 cm³/mol. The first-order valence-corrected chi connectivity index (χ1v) is 25.6. The van der Waals surface area contributed by atoms with Crippen molar-refractivity contribution in [3.05, 3.63) is 198 Å². The second-order valence-corrected chi connectivity index (χ2v) is 23.1. The van der Waals surface area contributed by atoms with Gasteiger partial charge in [-0.05, 0) is 134 Å². The van der Waals surface area contributed by atoms with Gasteiger partial charge in [0.2, 0.25) is 0 Å². The molecule has 0 saturated heterocycles. The van der Waals surface area contributed by atoms with Crippen LogP contribution in [0.25, 0.3) is 83.6 Å². The van der Waals surface area contributed by atoms with E-state index in [-0.39, 0.29) is 42.2 Å². The van der Waals surface area contributed by atoms with Crippen molar-refractivity contribution >= 4 is 33.0 Å². The second kappa shape index (κ2) is 20.7. The molecule has 379 valence electrons. The van der Waals surface area contributed by atoms with Crippen molar-refractivity contribution in [1.82, 2.24) is 14.5 Å². The van der Waals surface area contributed by atoms with E-state index in [0.29, 0.717) is 11.4 Å². The Bertz CT molecular complexity index is 3690. The largest absolute Gasteiger partial charge is 0.501 e. The number of benzene rings is 7. The zero-order valence-electron chi connectivity index (χ0n) is 47.6. The summed E-state index contributed by atoms with van der Waals surface area (Å²) in [5.74, 6) is -2.41. The molecule has 0 bridgehead atoms. The molecule has 3 heterocycles. The number of pyridine rings is 1. The van der Waals surface area contributed by atoms with E-state index in [1.165, 1.54) is 17.7 Å². The van der Waals surface area contributed by atoms with Crippen molar-refractivity contribution in [2.75, 3.05) is 0 Å². The Morgan fingerprint density at radius 3 is 1.99 bits per heavy atom. The Morgan fingerprint density at radius 2 is 1.36 bits per heavy atom. The van der Waals surface area contributed by atoms with Gasteiger partial charge in [0, 0.05) is 47.3 Å². The van der Waals surface area contributed by atoms with E-state index >= 15 is 0 Å². The molecule has 11 rings (SSSR count). The Balaban J connectivity index is 0.000000342. The first-order chi connectivity index (χ1) is 35.8. The fraction of sp³-hybridized carbons (Fsp3) is 0.294. The Morgan fingerprint density at radius 1 is 0.716 bits per heavy atom. The van der Waals surface area contributed by atoms with E-state index in [4.69, 9.17) is 9.40 Å². The number of fused-ring (bicyclic) bond motifs is 4. The molecular weight excluding hydrogens is 1090 g/mol. The summed E-state index contributed by atoms with van der Waals surface area (Å²) in [5.41, 5.74) is 14.5. The number of imidazole rings is 1. The first-order valence-electron chi connectivity index (χ1n) is 27.1. The molecule has 7 aromatic carbocycles. The standard InChI is InChI=1S/C53H53N2O.C15H15FN.Ir/c1-33(2)44-27-39(36-21-23-37(24-22-36)40-30-52(5,6)32-53(7,8)31-40)28-45(34(3)4)49(44)55-47-20-13-12-19-46(47)54-51(55)43-18-14-17-42-41-26-25-38(29-48(41)56-50(42)43)35-15-10-9-11-16-35;1-15(2,3)12-6-9-14(17-10-12)11-4-7-13(16)8-5-11;/h9-17,19-29,33-34,40H,30-32H2,1-8H3;4,6-10H,1-3H3;/q2*-1;/i33D,34D,40D;;. The van der Waals surface area contributed by atoms with E-state index in [9.17, 15) is 8.50 Å². The number of nitrogens with zero attached hydrogens (tertiary/aromatic N) is 3. The van der Waals surface area contributed by atoms with Crippen LogP contribution < -0.4 is 0 Å². The summed E-state index contributed by atoms with van der Waals surface area (Å²) in [7, 11) is 0. The molecule has 0 aliphatic heterocycles. The number of hydrogen-bond acceptors (Lipinski definition) is 3. The molecule has 0 N–H and O–H groups in total. The second-order valence-electron chi connectivity index (χ2n) is 23.1. The van der Waals surface area contributed by atoms with E-state index in [2.05, 4.69) is 155 Å². The molecule has 10 aromatic rings. The van der Waals surface area contributed by atoms with Crippen molar-refractivity contribution < 1.29 is 33.0 Å². The van der Waals surface area contributed by atoms with Crippen molar-refractivity contribution in [3.63, 3.8) is 0 Å². The molecule has 6 heteroatoms. The zero-order chi connectivity index (χ0) is 54.2. The van der Waals surface area contributed by atoms with Gasteiger partial charge in [0.15, 0.2) is 0 Å². The average molecular weight is 1160 g/mol. The minimum absolute atomic E-state index is 0. The van der Waals surface area contributed by atoms with Crippen LogP contribution in [0.5, 0.6) is 0 Å². The monoisotopic (exact) mass is 1160 g/mol. The number of aromatic nitrogens is 3. The average Bonchev–Trinajstić information content (AvgIpc) is 4.10. The molecule has 0 atom stereocenters. The maximum Gasteiger partial charge on any atom is 0.121 e. The molecule has 3 aromatic heterocycles. The van der Waals surface area contributed by atoms with Gasteiger partial charge in [-0.1, -0.05) is 178 Å². The van der Waals surface area contributed by atoms with Gasteiger partial charge >= 0.3 is 0 Å². The van der Waals surface area contributed by atoms with Crippen molar-refractivity contribution in [1.29, 1.82) is 0 Å². The van der Waals surface area contributed by atoms with Gasteiger partial charge in [0.1, 0.15) is 5.58 Å². The molecule has 74 heavy (non-hydrogen) atoms. The molecule has 1 fully saturated rings. The van der Waals surface area contributed by atoms with E-state index < -0.39 is 17.7 Å². The fourth-order valence-corrected chi connectivity index (χ4v) is 11.2. The van der Waals surface area contributed by atoms with E-state index in [1.54, 1.807) is 6.07 Å². The summed E-state index contributed by atoms with van der Waals surface area (Å²) in [5, 5.41) is 1.99. The number of rotatable bonds is 8. The van der Waals surface area contributed by atoms with Crippen LogP contribution in [0.3, 0.4) is 0 Å². The zero-order valence-corrected chi connectivity index (χ0v) is 47.0. The minimum Gasteiger partial charge on any atom is -0.501 e. The van der Waals surface area contributed by atoms with Crippen molar-refractivity contribution in [3.8, 4) is 50.6 Å². The first kappa shape index (κ1) is 48.5. The van der Waals surface area contributed by atoms with Gasteiger partial charge in [0.25, 0.3) is 0 Å². The number of para-hydroxylation sites is 2. The molecule has 1 aliphatic rings. The summed E-state index contributed by atoms with van der Waals surface area (Å²) < 4.78 is 50.7. The summed E-state index contributed by atoms with van der Waals surface area (Å²) >= 11 is 0. The molecule has 1 aliphatic carbocycles. The van der Waals surface area contributed by atoms with Gasteiger partial charge in [-0.2, -0.15) is 0 Å². The summed E-state index contributed by atoms with van der Waals surface area (Å²) in [6.07, 6.45) is 4.62. The summed E-state index contributed by atoms with van der Waals surface area (Å²) in [6.45, 7) is 23.3. The van der Waals surface area contributed by atoms with Crippen molar-refractivity contribution in [2.45, 2.75) is 119 Å². The van der Waals surface area contributed by atoms with Gasteiger partial charge in [-0.3, -0.25) is 9.37 Å². The molecule has 1 radical (unpaired) electrons. The van der Waals surface area contributed by atoms with Crippen LogP contribution in [-0.4, -0.2) is 14.5 Å². The predicted octanol–water partition coefficient (Wildman–Crippen LogP) is 19.3. The third-order valence-corrected chi connectivity index (χ3v) is 14.4. The molecule has 0 amide bonds. The Hall–Kier alpha value is -6.46. The normalized spacial score (nSPS) is 15.9. The molecule has 4 nitrogen and oxygen atoms in total. The topological polar surface area (TPSA) is 43.9 Å².